The lowest BCUT2D eigenvalue weighted by Gasteiger charge is -1.99. The molecule has 0 bridgehead atoms. The summed E-state index contributed by atoms with van der Waals surface area (Å²) in [6.45, 7) is 2.14. The van der Waals surface area contributed by atoms with Gasteiger partial charge in [-0.2, -0.15) is 0 Å². The van der Waals surface area contributed by atoms with Crippen LogP contribution in [0.25, 0.3) is 6.08 Å². The zero-order chi connectivity index (χ0) is 8.39. The van der Waals surface area contributed by atoms with E-state index in [0.717, 1.165) is 6.42 Å². The highest BCUT2D eigenvalue weighted by molar-refractivity contribution is 5.58. The van der Waals surface area contributed by atoms with Crippen LogP contribution in [0.2, 0.25) is 0 Å². The van der Waals surface area contributed by atoms with Crippen LogP contribution in [0.3, 0.4) is 0 Å². The molecule has 0 atom stereocenters. The summed E-state index contributed by atoms with van der Waals surface area (Å²) in [4.78, 5) is 0. The average Bonchev–Trinajstić information content (AvgIpc) is 2.29. The molecule has 1 aliphatic carbocycles. The first-order chi connectivity index (χ1) is 5.86. The summed E-state index contributed by atoms with van der Waals surface area (Å²) in [5, 5.41) is 0. The van der Waals surface area contributed by atoms with Gasteiger partial charge in [0.1, 0.15) is 0 Å². The van der Waals surface area contributed by atoms with Crippen molar-refractivity contribution in [3.63, 3.8) is 0 Å². The van der Waals surface area contributed by atoms with Gasteiger partial charge in [0.2, 0.25) is 0 Å². The summed E-state index contributed by atoms with van der Waals surface area (Å²) in [6, 6.07) is 8.54. The molecular formula is C12H12. The molecule has 0 spiro atoms. The minimum absolute atomic E-state index is 1.06. The second kappa shape index (κ2) is 2.98. The Kier molecular flexibility index (Phi) is 1.83. The molecule has 0 radical (unpaired) electrons. The summed E-state index contributed by atoms with van der Waals surface area (Å²) in [5.74, 6) is 0. The van der Waals surface area contributed by atoms with Crippen LogP contribution < -0.4 is 0 Å². The van der Waals surface area contributed by atoms with Crippen LogP contribution in [0.4, 0.5) is 0 Å². The van der Waals surface area contributed by atoms with Crippen LogP contribution in [0.5, 0.6) is 0 Å². The Labute approximate surface area is 73.2 Å². The van der Waals surface area contributed by atoms with E-state index in [0.29, 0.717) is 0 Å². The van der Waals surface area contributed by atoms with Crippen molar-refractivity contribution in [3.8, 4) is 0 Å². The van der Waals surface area contributed by atoms with Crippen LogP contribution >= 0.6 is 0 Å². The molecule has 0 heteroatoms. The molecule has 0 N–H and O–H groups in total. The third-order valence-corrected chi connectivity index (χ3v) is 2.22. The molecule has 1 aliphatic rings. The maximum atomic E-state index is 2.27. The summed E-state index contributed by atoms with van der Waals surface area (Å²) in [7, 11) is 0. The Morgan fingerprint density at radius 2 is 1.92 bits per heavy atom. The summed E-state index contributed by atoms with van der Waals surface area (Å²) < 4.78 is 0. The van der Waals surface area contributed by atoms with E-state index in [-0.39, 0.29) is 0 Å². The van der Waals surface area contributed by atoms with E-state index in [1.807, 2.05) is 0 Å². The standard InChI is InChI=1S/C12H12/c1-10-6-8-11-4-2-3-5-12(11)9-7-10/h2-8H,9H2,1H3. The van der Waals surface area contributed by atoms with Crippen LogP contribution in [-0.2, 0) is 6.42 Å². The topological polar surface area (TPSA) is 0 Å². The highest BCUT2D eigenvalue weighted by atomic mass is 14.0. The summed E-state index contributed by atoms with van der Waals surface area (Å²) in [5.41, 5.74) is 4.13. The third kappa shape index (κ3) is 1.33. The Morgan fingerprint density at radius 1 is 1.08 bits per heavy atom. The van der Waals surface area contributed by atoms with Gasteiger partial charge >= 0.3 is 0 Å². The van der Waals surface area contributed by atoms with E-state index in [1.54, 1.807) is 0 Å². The first-order valence-electron chi connectivity index (χ1n) is 4.29. The predicted molar refractivity (Wildman–Crippen MR) is 52.9 cm³/mol. The van der Waals surface area contributed by atoms with Crippen molar-refractivity contribution >= 4 is 6.08 Å². The lowest BCUT2D eigenvalue weighted by Crippen LogP contribution is -1.83. The fourth-order valence-electron chi connectivity index (χ4n) is 1.44. The Bertz CT molecular complexity index is 343. The molecule has 0 unspecified atom stereocenters. The summed E-state index contributed by atoms with van der Waals surface area (Å²) >= 11 is 0. The fourth-order valence-corrected chi connectivity index (χ4v) is 1.44. The number of rotatable bonds is 0. The maximum absolute atomic E-state index is 2.27. The Morgan fingerprint density at radius 3 is 2.83 bits per heavy atom. The quantitative estimate of drug-likeness (QED) is 0.541. The highest BCUT2D eigenvalue weighted by Crippen LogP contribution is 2.17. The van der Waals surface area contributed by atoms with E-state index in [4.69, 9.17) is 0 Å². The lowest BCUT2D eigenvalue weighted by atomic mass is 10.1. The van der Waals surface area contributed by atoms with Crippen molar-refractivity contribution in [2.75, 3.05) is 0 Å². The molecule has 0 aliphatic heterocycles. The van der Waals surface area contributed by atoms with E-state index in [2.05, 4.69) is 49.4 Å². The van der Waals surface area contributed by atoms with Crippen molar-refractivity contribution in [1.29, 1.82) is 0 Å². The van der Waals surface area contributed by atoms with Gasteiger partial charge in [-0.15, -0.1) is 0 Å². The number of hydrogen-bond acceptors (Lipinski definition) is 0. The number of benzene rings is 1. The number of hydrogen-bond donors (Lipinski definition) is 0. The van der Waals surface area contributed by atoms with Gasteiger partial charge < -0.3 is 0 Å². The van der Waals surface area contributed by atoms with Gasteiger partial charge in [-0.25, -0.2) is 0 Å². The van der Waals surface area contributed by atoms with Crippen molar-refractivity contribution in [1.82, 2.24) is 0 Å². The second-order valence-corrected chi connectivity index (χ2v) is 3.18. The van der Waals surface area contributed by atoms with Gasteiger partial charge in [0.25, 0.3) is 0 Å². The van der Waals surface area contributed by atoms with Crippen molar-refractivity contribution in [2.24, 2.45) is 0 Å². The van der Waals surface area contributed by atoms with Gasteiger partial charge in [0.15, 0.2) is 0 Å². The van der Waals surface area contributed by atoms with Crippen LogP contribution in [0.1, 0.15) is 18.1 Å². The molecule has 0 amide bonds. The molecule has 0 nitrogen and oxygen atoms in total. The third-order valence-electron chi connectivity index (χ3n) is 2.22. The molecular weight excluding hydrogens is 144 g/mol. The van der Waals surface area contributed by atoms with E-state index < -0.39 is 0 Å². The molecule has 0 aromatic heterocycles. The average molecular weight is 156 g/mol. The molecule has 1 aromatic rings. The monoisotopic (exact) mass is 156 g/mol. The van der Waals surface area contributed by atoms with Gasteiger partial charge in [-0.1, -0.05) is 48.1 Å². The van der Waals surface area contributed by atoms with Gasteiger partial charge in [-0.3, -0.25) is 0 Å². The molecule has 0 fully saturated rings. The first kappa shape index (κ1) is 7.35. The minimum Gasteiger partial charge on any atom is -0.0772 e. The van der Waals surface area contributed by atoms with Crippen molar-refractivity contribution in [2.45, 2.75) is 13.3 Å². The SMILES string of the molecule is CC1=CCc2ccccc2C=C1. The van der Waals surface area contributed by atoms with Crippen LogP contribution in [0.15, 0.2) is 42.0 Å². The zero-order valence-electron chi connectivity index (χ0n) is 7.25. The minimum atomic E-state index is 1.06. The van der Waals surface area contributed by atoms with Crippen LogP contribution in [0, 0.1) is 0 Å². The fraction of sp³-hybridized carbons (Fsp3) is 0.167. The maximum Gasteiger partial charge on any atom is -0.00858 e. The largest absolute Gasteiger partial charge is 0.0772 e. The lowest BCUT2D eigenvalue weighted by molar-refractivity contribution is 1.24. The Hall–Kier alpha value is -1.30. The molecule has 1 aromatic carbocycles. The van der Waals surface area contributed by atoms with E-state index in [1.165, 1.54) is 16.7 Å². The number of fused-ring (bicyclic) bond motifs is 1. The van der Waals surface area contributed by atoms with Crippen LogP contribution in [-0.4, -0.2) is 0 Å². The molecule has 0 saturated carbocycles. The molecule has 0 saturated heterocycles. The second-order valence-electron chi connectivity index (χ2n) is 3.18. The van der Waals surface area contributed by atoms with Crippen molar-refractivity contribution < 1.29 is 0 Å². The normalized spacial score (nSPS) is 14.9. The molecule has 2 rings (SSSR count). The van der Waals surface area contributed by atoms with E-state index >= 15 is 0 Å². The predicted octanol–water partition coefficient (Wildman–Crippen LogP) is 3.20. The smallest absolute Gasteiger partial charge is 0.00858 e. The zero-order valence-corrected chi connectivity index (χ0v) is 7.25. The Balaban J connectivity index is 2.48. The van der Waals surface area contributed by atoms with Gasteiger partial charge in [-0.05, 0) is 24.5 Å². The first-order valence-corrected chi connectivity index (χ1v) is 4.29. The molecule has 0 heterocycles. The van der Waals surface area contributed by atoms with Gasteiger partial charge in [0.05, 0.1) is 0 Å². The van der Waals surface area contributed by atoms with Gasteiger partial charge in [0, 0.05) is 0 Å². The summed E-state index contributed by atoms with van der Waals surface area (Å²) in [6.07, 6.45) is 7.69. The molecule has 60 valence electrons. The number of allylic oxidation sites excluding steroid dienone is 3. The van der Waals surface area contributed by atoms with Crippen molar-refractivity contribution in [3.05, 3.63) is 53.1 Å². The highest BCUT2D eigenvalue weighted by Gasteiger charge is 1.99. The molecule has 12 heavy (non-hydrogen) atoms. The van der Waals surface area contributed by atoms with E-state index in [9.17, 15) is 0 Å².